The molecule has 1 aliphatic rings. The Bertz CT molecular complexity index is 1550. The maximum absolute atomic E-state index is 13.8. The van der Waals surface area contributed by atoms with E-state index in [-0.39, 0.29) is 5.91 Å². The molecule has 10 heteroatoms. The zero-order valence-corrected chi connectivity index (χ0v) is 22.7. The smallest absolute Gasteiger partial charge is 0.255 e. The number of halogens is 1. The van der Waals surface area contributed by atoms with Crippen LogP contribution in [-0.4, -0.2) is 34.9 Å². The van der Waals surface area contributed by atoms with Gasteiger partial charge in [0.25, 0.3) is 5.91 Å². The van der Waals surface area contributed by atoms with Crippen molar-refractivity contribution in [2.24, 2.45) is 0 Å². The van der Waals surface area contributed by atoms with Crippen LogP contribution in [0.4, 0.5) is 11.6 Å². The molecule has 4 aromatic rings. The Kier molecular flexibility index (Phi) is 7.42. The summed E-state index contributed by atoms with van der Waals surface area (Å²) in [6.45, 7) is 4.35. The molecule has 1 amide bonds. The zero-order chi connectivity index (χ0) is 27.5. The highest BCUT2D eigenvalue weighted by Crippen LogP contribution is 2.39. The lowest BCUT2D eigenvalue weighted by Gasteiger charge is -2.29. The SMILES string of the molecule is COc1cc(NC(=O)C2=C(C)Nc3ncnn3C2c2ccc(OCc3cccc(C)c3)cc2)c(OC)cc1Cl. The fraction of sp³-hybridized carbons (Fsp3) is 0.207. The second-order valence-electron chi connectivity index (χ2n) is 9.08. The van der Waals surface area contributed by atoms with Crippen LogP contribution in [0.25, 0.3) is 0 Å². The second kappa shape index (κ2) is 11.1. The van der Waals surface area contributed by atoms with Crippen molar-refractivity contribution in [2.75, 3.05) is 24.9 Å². The number of aromatic nitrogens is 3. The molecule has 0 aliphatic carbocycles. The number of nitrogens with zero attached hydrogens (tertiary/aromatic N) is 3. The number of carbonyl (C=O) groups excluding carboxylic acids is 1. The summed E-state index contributed by atoms with van der Waals surface area (Å²) in [5, 5.41) is 10.9. The van der Waals surface area contributed by atoms with Crippen LogP contribution in [0, 0.1) is 6.92 Å². The predicted molar refractivity (Wildman–Crippen MR) is 150 cm³/mol. The normalized spacial score (nSPS) is 14.3. The van der Waals surface area contributed by atoms with Crippen molar-refractivity contribution in [2.45, 2.75) is 26.5 Å². The molecule has 1 aliphatic heterocycles. The third-order valence-corrected chi connectivity index (χ3v) is 6.74. The minimum absolute atomic E-state index is 0.339. The molecule has 0 spiro atoms. The number of anilines is 2. The van der Waals surface area contributed by atoms with Crippen LogP contribution >= 0.6 is 11.6 Å². The molecule has 2 heterocycles. The van der Waals surface area contributed by atoms with E-state index in [1.807, 2.05) is 43.3 Å². The molecular weight excluding hydrogens is 518 g/mol. The van der Waals surface area contributed by atoms with E-state index in [9.17, 15) is 4.79 Å². The largest absolute Gasteiger partial charge is 0.495 e. The van der Waals surface area contributed by atoms with Gasteiger partial charge in [-0.1, -0.05) is 53.6 Å². The highest BCUT2D eigenvalue weighted by atomic mass is 35.5. The molecule has 0 radical (unpaired) electrons. The molecule has 5 rings (SSSR count). The second-order valence-corrected chi connectivity index (χ2v) is 9.49. The number of ether oxygens (including phenoxy) is 3. The van der Waals surface area contributed by atoms with Gasteiger partial charge in [-0.25, -0.2) is 4.68 Å². The number of aryl methyl sites for hydroxylation is 1. The van der Waals surface area contributed by atoms with E-state index in [2.05, 4.69) is 39.8 Å². The summed E-state index contributed by atoms with van der Waals surface area (Å²) >= 11 is 6.25. The lowest BCUT2D eigenvalue weighted by atomic mass is 9.95. The number of amides is 1. The molecule has 0 saturated heterocycles. The molecule has 200 valence electrons. The molecule has 1 unspecified atom stereocenters. The molecule has 2 N–H and O–H groups in total. The number of hydrogen-bond donors (Lipinski definition) is 2. The van der Waals surface area contributed by atoms with Crippen LogP contribution in [0.3, 0.4) is 0 Å². The van der Waals surface area contributed by atoms with Gasteiger partial charge in [-0.05, 0) is 37.1 Å². The van der Waals surface area contributed by atoms with Gasteiger partial charge in [-0.3, -0.25) is 4.79 Å². The van der Waals surface area contributed by atoms with Gasteiger partial charge in [0.2, 0.25) is 5.95 Å². The van der Waals surface area contributed by atoms with E-state index >= 15 is 0 Å². The summed E-state index contributed by atoms with van der Waals surface area (Å²) in [7, 11) is 3.01. The number of nitrogens with one attached hydrogen (secondary N) is 2. The van der Waals surface area contributed by atoms with Gasteiger partial charge in [-0.15, -0.1) is 0 Å². The summed E-state index contributed by atoms with van der Waals surface area (Å²) in [5.74, 6) is 1.74. The summed E-state index contributed by atoms with van der Waals surface area (Å²) in [6, 6.07) is 18.5. The van der Waals surface area contributed by atoms with Gasteiger partial charge in [0.05, 0.1) is 30.5 Å². The van der Waals surface area contributed by atoms with E-state index in [0.717, 1.165) is 16.9 Å². The Balaban J connectivity index is 1.43. The maximum atomic E-state index is 13.8. The average molecular weight is 546 g/mol. The zero-order valence-electron chi connectivity index (χ0n) is 22.0. The molecular formula is C29H28ClN5O4. The van der Waals surface area contributed by atoms with Gasteiger partial charge in [-0.2, -0.15) is 10.1 Å². The number of carbonyl (C=O) groups is 1. The minimum Gasteiger partial charge on any atom is -0.495 e. The summed E-state index contributed by atoms with van der Waals surface area (Å²) in [4.78, 5) is 18.1. The highest BCUT2D eigenvalue weighted by molar-refractivity contribution is 6.32. The molecule has 9 nitrogen and oxygen atoms in total. The third-order valence-electron chi connectivity index (χ3n) is 6.44. The lowest BCUT2D eigenvalue weighted by molar-refractivity contribution is -0.113. The first-order valence-electron chi connectivity index (χ1n) is 12.3. The topological polar surface area (TPSA) is 99.5 Å². The van der Waals surface area contributed by atoms with E-state index in [0.29, 0.717) is 46.0 Å². The molecule has 0 fully saturated rings. The first-order chi connectivity index (χ1) is 18.9. The average Bonchev–Trinajstić information content (AvgIpc) is 3.40. The Labute approximate surface area is 231 Å². The van der Waals surface area contributed by atoms with Crippen molar-refractivity contribution in [1.29, 1.82) is 0 Å². The summed E-state index contributed by atoms with van der Waals surface area (Å²) in [6.07, 6.45) is 1.45. The van der Waals surface area contributed by atoms with Gasteiger partial charge < -0.3 is 24.8 Å². The summed E-state index contributed by atoms with van der Waals surface area (Å²) < 4.78 is 18.5. The van der Waals surface area contributed by atoms with Crippen LogP contribution in [0.5, 0.6) is 17.2 Å². The fourth-order valence-electron chi connectivity index (χ4n) is 4.56. The molecule has 3 aromatic carbocycles. The predicted octanol–water partition coefficient (Wildman–Crippen LogP) is 5.76. The van der Waals surface area contributed by atoms with E-state index in [1.54, 1.807) is 16.8 Å². The monoisotopic (exact) mass is 545 g/mol. The fourth-order valence-corrected chi connectivity index (χ4v) is 4.79. The van der Waals surface area contributed by atoms with Crippen LogP contribution in [0.2, 0.25) is 5.02 Å². The van der Waals surface area contributed by atoms with Crippen molar-refractivity contribution in [1.82, 2.24) is 14.8 Å². The number of benzene rings is 3. The van der Waals surface area contributed by atoms with Crippen molar-refractivity contribution in [3.63, 3.8) is 0 Å². The minimum atomic E-state index is -0.533. The lowest BCUT2D eigenvalue weighted by Crippen LogP contribution is -2.31. The molecule has 1 atom stereocenters. The van der Waals surface area contributed by atoms with E-state index in [4.69, 9.17) is 25.8 Å². The standard InChI is InChI=1S/C29H28ClN5O4/c1-17-6-5-7-19(12-17)15-39-21-10-8-20(9-11-21)27-26(18(2)33-29-31-16-32-35(27)29)28(36)34-23-14-24(37-3)22(30)13-25(23)38-4/h5-14,16,27H,15H2,1-4H3,(H,34,36)(H,31,32,33). The number of hydrogen-bond acceptors (Lipinski definition) is 7. The number of methoxy groups -OCH3 is 2. The quantitative estimate of drug-likeness (QED) is 0.290. The molecule has 0 bridgehead atoms. The molecule has 0 saturated carbocycles. The van der Waals surface area contributed by atoms with Gasteiger partial charge in [0.1, 0.15) is 36.2 Å². The number of fused-ring (bicyclic) bond motifs is 1. The third kappa shape index (κ3) is 5.39. The maximum Gasteiger partial charge on any atom is 0.255 e. The van der Waals surface area contributed by atoms with Crippen LogP contribution < -0.4 is 24.8 Å². The number of allylic oxidation sites excluding steroid dienone is 1. The first kappa shape index (κ1) is 26.1. The van der Waals surface area contributed by atoms with Crippen LogP contribution in [-0.2, 0) is 11.4 Å². The van der Waals surface area contributed by atoms with Crippen molar-refractivity contribution in [3.05, 3.63) is 100.0 Å². The molecule has 1 aromatic heterocycles. The van der Waals surface area contributed by atoms with Crippen LogP contribution in [0.15, 0.2) is 78.3 Å². The van der Waals surface area contributed by atoms with Crippen molar-refractivity contribution < 1.29 is 19.0 Å². The Morgan fingerprint density at radius 3 is 2.54 bits per heavy atom. The Morgan fingerprint density at radius 2 is 1.82 bits per heavy atom. The van der Waals surface area contributed by atoms with Crippen molar-refractivity contribution >= 4 is 29.1 Å². The first-order valence-corrected chi connectivity index (χ1v) is 12.6. The van der Waals surface area contributed by atoms with Gasteiger partial charge >= 0.3 is 0 Å². The van der Waals surface area contributed by atoms with Gasteiger partial charge in [0, 0.05) is 17.8 Å². The Morgan fingerprint density at radius 1 is 1.05 bits per heavy atom. The highest BCUT2D eigenvalue weighted by Gasteiger charge is 2.34. The summed E-state index contributed by atoms with van der Waals surface area (Å²) in [5.41, 5.74) is 4.67. The molecule has 39 heavy (non-hydrogen) atoms. The van der Waals surface area contributed by atoms with E-state index in [1.165, 1.54) is 26.1 Å². The van der Waals surface area contributed by atoms with E-state index < -0.39 is 6.04 Å². The Hall–Kier alpha value is -4.50. The number of rotatable bonds is 8. The van der Waals surface area contributed by atoms with Crippen LogP contribution in [0.1, 0.15) is 29.7 Å². The van der Waals surface area contributed by atoms with Crippen molar-refractivity contribution in [3.8, 4) is 17.2 Å². The van der Waals surface area contributed by atoms with Gasteiger partial charge in [0.15, 0.2) is 0 Å².